The predicted molar refractivity (Wildman–Crippen MR) is 54.1 cm³/mol. The van der Waals surface area contributed by atoms with E-state index >= 15 is 0 Å². The average molecular weight is 197 g/mol. The molecule has 80 valence electrons. The Labute approximate surface area is 84.9 Å². The maximum atomic E-state index is 10.7. The number of carboxylic acid groups (broad SMARTS) is 1. The molecule has 1 saturated carbocycles. The Balaban J connectivity index is 1.58. The molecule has 1 aliphatic carbocycles. The van der Waals surface area contributed by atoms with E-state index in [4.69, 9.17) is 5.11 Å². The zero-order chi connectivity index (χ0) is 9.97. The first kappa shape index (κ1) is 9.97. The van der Waals surface area contributed by atoms with Gasteiger partial charge in [0, 0.05) is 6.54 Å². The van der Waals surface area contributed by atoms with Crippen molar-refractivity contribution in [3.05, 3.63) is 0 Å². The molecule has 0 aromatic rings. The molecule has 1 aliphatic heterocycles. The topological polar surface area (TPSA) is 49.3 Å². The number of hydrogen-bond donors (Lipinski definition) is 2. The van der Waals surface area contributed by atoms with E-state index in [1.165, 1.54) is 32.1 Å². The van der Waals surface area contributed by atoms with Gasteiger partial charge in [0.15, 0.2) is 0 Å². The summed E-state index contributed by atoms with van der Waals surface area (Å²) in [4.78, 5) is 10.7. The number of carboxylic acids is 1. The fourth-order valence-electron chi connectivity index (χ4n) is 2.41. The van der Waals surface area contributed by atoms with Gasteiger partial charge in [0.1, 0.15) is 6.04 Å². The first-order valence-electron chi connectivity index (χ1n) is 5.73. The van der Waals surface area contributed by atoms with Crippen molar-refractivity contribution in [2.45, 2.75) is 44.6 Å². The van der Waals surface area contributed by atoms with Crippen molar-refractivity contribution in [3.63, 3.8) is 0 Å². The van der Waals surface area contributed by atoms with Crippen LogP contribution in [-0.2, 0) is 4.79 Å². The predicted octanol–water partition coefficient (Wildman–Crippen LogP) is 1.63. The van der Waals surface area contributed by atoms with Crippen molar-refractivity contribution >= 4 is 5.97 Å². The van der Waals surface area contributed by atoms with Crippen LogP contribution in [0.4, 0.5) is 0 Å². The molecule has 1 saturated heterocycles. The molecule has 1 heterocycles. The van der Waals surface area contributed by atoms with Crippen molar-refractivity contribution in [3.8, 4) is 0 Å². The van der Waals surface area contributed by atoms with Gasteiger partial charge in [0.2, 0.25) is 0 Å². The van der Waals surface area contributed by atoms with Crippen molar-refractivity contribution in [2.75, 3.05) is 6.54 Å². The molecule has 0 aromatic heterocycles. The van der Waals surface area contributed by atoms with E-state index in [2.05, 4.69) is 5.32 Å². The minimum atomic E-state index is -0.676. The highest BCUT2D eigenvalue weighted by Crippen LogP contribution is 2.32. The molecule has 2 N–H and O–H groups in total. The minimum Gasteiger partial charge on any atom is -0.480 e. The van der Waals surface area contributed by atoms with Crippen LogP contribution in [0.1, 0.15) is 38.5 Å². The largest absolute Gasteiger partial charge is 0.480 e. The SMILES string of the molecule is O=C(O)C1NCC1CCCC1CCC1. The summed E-state index contributed by atoms with van der Waals surface area (Å²) < 4.78 is 0. The second kappa shape index (κ2) is 4.30. The lowest BCUT2D eigenvalue weighted by Gasteiger charge is -2.35. The summed E-state index contributed by atoms with van der Waals surface area (Å²) in [5.41, 5.74) is 0. The van der Waals surface area contributed by atoms with Gasteiger partial charge in [-0.15, -0.1) is 0 Å². The van der Waals surface area contributed by atoms with Gasteiger partial charge < -0.3 is 10.4 Å². The minimum absolute atomic E-state index is 0.253. The molecule has 3 nitrogen and oxygen atoms in total. The molecule has 0 radical (unpaired) electrons. The maximum absolute atomic E-state index is 10.7. The summed E-state index contributed by atoms with van der Waals surface area (Å²) in [5, 5.41) is 11.8. The summed E-state index contributed by atoms with van der Waals surface area (Å²) in [6.45, 7) is 0.904. The van der Waals surface area contributed by atoms with E-state index in [-0.39, 0.29) is 6.04 Å². The molecule has 0 amide bonds. The number of aliphatic carboxylic acids is 1. The zero-order valence-corrected chi connectivity index (χ0v) is 8.54. The van der Waals surface area contributed by atoms with Crippen LogP contribution in [0.3, 0.4) is 0 Å². The summed E-state index contributed by atoms with van der Waals surface area (Å²) in [5.74, 6) is 0.684. The fourth-order valence-corrected chi connectivity index (χ4v) is 2.41. The molecule has 0 spiro atoms. The smallest absolute Gasteiger partial charge is 0.321 e. The third kappa shape index (κ3) is 2.08. The van der Waals surface area contributed by atoms with Crippen molar-refractivity contribution in [2.24, 2.45) is 11.8 Å². The zero-order valence-electron chi connectivity index (χ0n) is 8.54. The highest BCUT2D eigenvalue weighted by molar-refractivity contribution is 5.75. The maximum Gasteiger partial charge on any atom is 0.321 e. The van der Waals surface area contributed by atoms with Crippen LogP contribution < -0.4 is 5.32 Å². The molecule has 0 aromatic carbocycles. The van der Waals surface area contributed by atoms with Gasteiger partial charge in [-0.3, -0.25) is 4.79 Å². The number of nitrogens with one attached hydrogen (secondary N) is 1. The van der Waals surface area contributed by atoms with E-state index in [1.54, 1.807) is 0 Å². The summed E-state index contributed by atoms with van der Waals surface area (Å²) in [7, 11) is 0. The van der Waals surface area contributed by atoms with Gasteiger partial charge in [0.25, 0.3) is 0 Å². The number of carbonyl (C=O) groups is 1. The lowest BCUT2D eigenvalue weighted by Crippen LogP contribution is -2.57. The van der Waals surface area contributed by atoms with Gasteiger partial charge in [-0.1, -0.05) is 32.1 Å². The van der Waals surface area contributed by atoms with Crippen LogP contribution in [0.15, 0.2) is 0 Å². The first-order chi connectivity index (χ1) is 6.77. The van der Waals surface area contributed by atoms with Crippen LogP contribution in [0.5, 0.6) is 0 Å². The third-order valence-electron chi connectivity index (χ3n) is 3.75. The Morgan fingerprint density at radius 2 is 2.14 bits per heavy atom. The van der Waals surface area contributed by atoms with E-state index in [9.17, 15) is 4.79 Å². The van der Waals surface area contributed by atoms with Gasteiger partial charge in [-0.2, -0.15) is 0 Å². The second-order valence-corrected chi connectivity index (χ2v) is 4.71. The normalized spacial score (nSPS) is 32.0. The van der Waals surface area contributed by atoms with Crippen LogP contribution in [0.2, 0.25) is 0 Å². The van der Waals surface area contributed by atoms with Crippen LogP contribution in [0, 0.1) is 11.8 Å². The lowest BCUT2D eigenvalue weighted by atomic mass is 9.79. The summed E-state index contributed by atoms with van der Waals surface area (Å²) >= 11 is 0. The molecule has 3 heteroatoms. The van der Waals surface area contributed by atoms with Gasteiger partial charge in [-0.05, 0) is 18.3 Å². The first-order valence-corrected chi connectivity index (χ1v) is 5.73. The number of rotatable bonds is 5. The molecule has 2 rings (SSSR count). The van der Waals surface area contributed by atoms with Gasteiger partial charge >= 0.3 is 5.97 Å². The monoisotopic (exact) mass is 197 g/mol. The molecular weight excluding hydrogens is 178 g/mol. The number of hydrogen-bond acceptors (Lipinski definition) is 2. The molecule has 0 bridgehead atoms. The molecule has 2 aliphatic rings. The molecule has 2 fully saturated rings. The van der Waals surface area contributed by atoms with E-state index in [0.29, 0.717) is 5.92 Å². The molecule has 2 unspecified atom stereocenters. The highest BCUT2D eigenvalue weighted by Gasteiger charge is 2.35. The Kier molecular flexibility index (Phi) is 3.06. The quantitative estimate of drug-likeness (QED) is 0.704. The summed E-state index contributed by atoms with van der Waals surface area (Å²) in [6.07, 6.45) is 7.87. The Morgan fingerprint density at radius 1 is 1.36 bits per heavy atom. The van der Waals surface area contributed by atoms with Crippen LogP contribution in [-0.4, -0.2) is 23.7 Å². The van der Waals surface area contributed by atoms with Gasteiger partial charge in [-0.25, -0.2) is 0 Å². The molecule has 14 heavy (non-hydrogen) atoms. The highest BCUT2D eigenvalue weighted by atomic mass is 16.4. The van der Waals surface area contributed by atoms with Crippen LogP contribution in [0.25, 0.3) is 0 Å². The lowest BCUT2D eigenvalue weighted by molar-refractivity contribution is -0.143. The fraction of sp³-hybridized carbons (Fsp3) is 0.909. The Hall–Kier alpha value is -0.570. The van der Waals surface area contributed by atoms with Crippen LogP contribution >= 0.6 is 0 Å². The van der Waals surface area contributed by atoms with E-state index < -0.39 is 5.97 Å². The van der Waals surface area contributed by atoms with Crippen molar-refractivity contribution in [1.29, 1.82) is 0 Å². The van der Waals surface area contributed by atoms with Crippen molar-refractivity contribution < 1.29 is 9.90 Å². The van der Waals surface area contributed by atoms with E-state index in [0.717, 1.165) is 18.9 Å². The van der Waals surface area contributed by atoms with E-state index in [1.807, 2.05) is 0 Å². The average Bonchev–Trinajstić information content (AvgIpc) is 1.97. The van der Waals surface area contributed by atoms with Crippen molar-refractivity contribution in [1.82, 2.24) is 5.32 Å². The Bertz CT molecular complexity index is 213. The second-order valence-electron chi connectivity index (χ2n) is 4.71. The Morgan fingerprint density at radius 3 is 2.57 bits per heavy atom. The molecular formula is C11H19NO2. The summed E-state index contributed by atoms with van der Waals surface area (Å²) in [6, 6.07) is -0.253. The third-order valence-corrected chi connectivity index (χ3v) is 3.75. The standard InChI is InChI=1S/C11H19NO2/c13-11(14)10-9(7-12-10)6-2-5-8-3-1-4-8/h8-10,12H,1-7H2,(H,13,14). The molecule has 2 atom stereocenters. The van der Waals surface area contributed by atoms with Gasteiger partial charge in [0.05, 0.1) is 0 Å².